The minimum absolute atomic E-state index is 0.0141. The molecule has 2 aliphatic heterocycles. The number of fused-ring (bicyclic) bond motifs is 1. The van der Waals surface area contributed by atoms with Crippen molar-refractivity contribution >= 4 is 11.8 Å². The monoisotopic (exact) mass is 596 g/mol. The Balaban J connectivity index is 1.65. The number of nitrogens with zero attached hydrogens (tertiary/aromatic N) is 1. The van der Waals surface area contributed by atoms with Crippen LogP contribution < -0.4 is 20.7 Å². The number of carbonyl (C=O) groups excluding carboxylic acids is 2. The summed E-state index contributed by atoms with van der Waals surface area (Å²) in [4.78, 5) is 28.8. The summed E-state index contributed by atoms with van der Waals surface area (Å²) in [6.07, 6.45) is 1.54. The van der Waals surface area contributed by atoms with Crippen molar-refractivity contribution in [1.82, 2.24) is 20.9 Å². The van der Waals surface area contributed by atoms with Crippen molar-refractivity contribution in [2.75, 3.05) is 20.1 Å². The first kappa shape index (κ1) is 32.7. The van der Waals surface area contributed by atoms with Crippen LogP contribution in [0.4, 0.5) is 0 Å². The van der Waals surface area contributed by atoms with Gasteiger partial charge in [0.15, 0.2) is 0 Å². The number of rotatable bonds is 5. The Morgan fingerprint density at radius 1 is 1.07 bits per heavy atom. The van der Waals surface area contributed by atoms with Crippen LogP contribution in [0.5, 0.6) is 11.5 Å². The van der Waals surface area contributed by atoms with Crippen molar-refractivity contribution in [3.63, 3.8) is 0 Å². The van der Waals surface area contributed by atoms with Gasteiger partial charge >= 0.3 is 0 Å². The number of carbonyl (C=O) groups is 2. The summed E-state index contributed by atoms with van der Waals surface area (Å²) in [5, 5.41) is 41.3. The molecule has 0 radical (unpaired) electrons. The Hall–Kier alpha value is -3.18. The third-order valence-electron chi connectivity index (χ3n) is 8.84. The average Bonchev–Trinajstić information content (AvgIpc) is 2.99. The molecule has 2 aliphatic rings. The van der Waals surface area contributed by atoms with Crippen LogP contribution in [0.3, 0.4) is 0 Å². The fraction of sp³-hybridized carbons (Fsp3) is 0.576. The third kappa shape index (κ3) is 8.26. The molecule has 2 heterocycles. The lowest BCUT2D eigenvalue weighted by molar-refractivity contribution is -0.143. The number of aliphatic hydroxyl groups is 2. The second-order valence-electron chi connectivity index (χ2n) is 12.1. The summed E-state index contributed by atoms with van der Waals surface area (Å²) >= 11 is 0. The number of benzene rings is 2. The van der Waals surface area contributed by atoms with Gasteiger partial charge in [-0.15, -0.1) is 0 Å². The van der Waals surface area contributed by atoms with E-state index >= 15 is 0 Å². The maximum Gasteiger partial charge on any atom is 0.240 e. The van der Waals surface area contributed by atoms with Gasteiger partial charge in [-0.05, 0) is 73.8 Å². The number of hydrogen-bond acceptors (Lipinski definition) is 8. The predicted octanol–water partition coefficient (Wildman–Crippen LogP) is 1.88. The maximum absolute atomic E-state index is 13.9. The second-order valence-corrected chi connectivity index (χ2v) is 12.1. The molecule has 4 rings (SSSR count). The third-order valence-corrected chi connectivity index (χ3v) is 8.84. The van der Waals surface area contributed by atoms with Crippen LogP contribution in [0.15, 0.2) is 42.5 Å². The summed E-state index contributed by atoms with van der Waals surface area (Å²) in [7, 11) is 1.58. The zero-order valence-electron chi connectivity index (χ0n) is 25.8. The lowest BCUT2D eigenvalue weighted by Gasteiger charge is -2.39. The van der Waals surface area contributed by atoms with Gasteiger partial charge < -0.3 is 35.6 Å². The van der Waals surface area contributed by atoms with Gasteiger partial charge in [-0.2, -0.15) is 0 Å². The van der Waals surface area contributed by atoms with E-state index in [1.807, 2.05) is 19.9 Å². The van der Waals surface area contributed by atoms with Gasteiger partial charge in [-0.25, -0.2) is 0 Å². The predicted molar refractivity (Wildman–Crippen MR) is 165 cm³/mol. The van der Waals surface area contributed by atoms with Gasteiger partial charge in [-0.3, -0.25) is 14.9 Å². The van der Waals surface area contributed by atoms with Gasteiger partial charge in [0.05, 0.1) is 24.2 Å². The van der Waals surface area contributed by atoms with Crippen molar-refractivity contribution in [2.24, 2.45) is 5.92 Å². The van der Waals surface area contributed by atoms with Crippen LogP contribution in [-0.4, -0.2) is 88.7 Å². The summed E-state index contributed by atoms with van der Waals surface area (Å²) < 4.78 is 6.49. The molecule has 0 fully saturated rings. The van der Waals surface area contributed by atoms with Crippen molar-refractivity contribution in [3.05, 3.63) is 59.2 Å². The van der Waals surface area contributed by atoms with E-state index in [1.165, 1.54) is 17.4 Å². The second kappa shape index (κ2) is 15.0. The van der Waals surface area contributed by atoms with E-state index in [0.29, 0.717) is 19.5 Å². The SMILES string of the molecule is CCC(C)[C@@H]1NCC2CCc3cccc(c3O2)CCCNC(=O)[C@@H](Cc2ccc(O)cc2)NC(O)[C@H](C(C)O)N(C)C1=O. The molecule has 236 valence electrons. The Morgan fingerprint density at radius 2 is 1.77 bits per heavy atom. The summed E-state index contributed by atoms with van der Waals surface area (Å²) in [6, 6.07) is 10.3. The van der Waals surface area contributed by atoms with Gasteiger partial charge in [0, 0.05) is 20.1 Å². The molecular formula is C33H48N4O6. The van der Waals surface area contributed by atoms with E-state index in [9.17, 15) is 24.9 Å². The highest BCUT2D eigenvalue weighted by Crippen LogP contribution is 2.32. The maximum atomic E-state index is 13.9. The molecule has 0 aromatic heterocycles. The molecule has 0 saturated carbocycles. The number of likely N-dealkylation sites (N-methyl/N-ethyl adjacent to an activating group) is 1. The topological polar surface area (TPSA) is 143 Å². The van der Waals surface area contributed by atoms with Crippen molar-refractivity contribution in [1.29, 1.82) is 0 Å². The molecule has 43 heavy (non-hydrogen) atoms. The molecule has 0 saturated heterocycles. The minimum Gasteiger partial charge on any atom is -0.508 e. The molecule has 10 heteroatoms. The molecular weight excluding hydrogens is 548 g/mol. The lowest BCUT2D eigenvalue weighted by Crippen LogP contribution is -2.63. The molecule has 0 aliphatic carbocycles. The Bertz CT molecular complexity index is 1220. The molecule has 0 spiro atoms. The van der Waals surface area contributed by atoms with Crippen LogP contribution in [-0.2, 0) is 28.9 Å². The number of aryl methyl sites for hydroxylation is 2. The van der Waals surface area contributed by atoms with Crippen LogP contribution in [0.2, 0.25) is 0 Å². The summed E-state index contributed by atoms with van der Waals surface area (Å²) in [6.45, 7) is 6.48. The molecule has 2 amide bonds. The normalized spacial score (nSPS) is 27.3. The number of ether oxygens (including phenoxy) is 1. The van der Waals surface area contributed by atoms with Gasteiger partial charge in [-0.1, -0.05) is 50.6 Å². The van der Waals surface area contributed by atoms with E-state index in [4.69, 9.17) is 4.74 Å². The highest BCUT2D eigenvalue weighted by Gasteiger charge is 2.38. The first-order valence-electron chi connectivity index (χ1n) is 15.5. The largest absolute Gasteiger partial charge is 0.508 e. The molecule has 7 atom stereocenters. The zero-order chi connectivity index (χ0) is 31.1. The molecule has 2 bridgehead atoms. The number of phenolic OH excluding ortho intramolecular Hbond substituents is 1. The van der Waals surface area contributed by atoms with Crippen molar-refractivity contribution in [2.45, 2.75) is 95.9 Å². The highest BCUT2D eigenvalue weighted by molar-refractivity contribution is 5.83. The number of amides is 2. The van der Waals surface area contributed by atoms with E-state index < -0.39 is 30.5 Å². The fourth-order valence-corrected chi connectivity index (χ4v) is 6.07. The first-order chi connectivity index (χ1) is 20.6. The number of aliphatic hydroxyl groups excluding tert-OH is 2. The lowest BCUT2D eigenvalue weighted by atomic mass is 9.94. The standard InChI is InChI=1S/C33H48N4O6/c1-5-20(2)28-33(42)37(4)29(21(3)38)32(41)36-27(18-22-11-14-25(39)15-12-22)31(40)34-17-7-10-23-8-6-9-24-13-16-26(19-35-28)43-30(23)24/h6,8-9,11-12,14-15,20-21,26-29,32,35-36,38-39,41H,5,7,10,13,16-19H2,1-4H3,(H,34,40)/t20?,21?,26?,27-,28+,29+,32?/m1/s1. The van der Waals surface area contributed by atoms with E-state index in [-0.39, 0.29) is 36.0 Å². The van der Waals surface area contributed by atoms with Crippen LogP contribution in [0.1, 0.15) is 56.7 Å². The van der Waals surface area contributed by atoms with Gasteiger partial charge in [0.1, 0.15) is 23.8 Å². The van der Waals surface area contributed by atoms with Crippen molar-refractivity contribution < 1.29 is 29.6 Å². The zero-order valence-corrected chi connectivity index (χ0v) is 25.8. The van der Waals surface area contributed by atoms with Crippen molar-refractivity contribution in [3.8, 4) is 11.5 Å². The van der Waals surface area contributed by atoms with Gasteiger partial charge in [0.25, 0.3) is 0 Å². The molecule has 4 unspecified atom stereocenters. The number of phenols is 1. The molecule has 2 aromatic rings. The first-order valence-corrected chi connectivity index (χ1v) is 15.5. The number of para-hydroxylation sites is 1. The van der Waals surface area contributed by atoms with E-state index in [2.05, 4.69) is 28.1 Å². The molecule has 10 nitrogen and oxygen atoms in total. The van der Waals surface area contributed by atoms with Gasteiger partial charge in [0.2, 0.25) is 11.8 Å². The number of nitrogens with one attached hydrogen (secondary N) is 3. The molecule has 2 aromatic carbocycles. The Kier molecular flexibility index (Phi) is 11.4. The minimum atomic E-state index is -1.40. The quantitative estimate of drug-likeness (QED) is 0.307. The summed E-state index contributed by atoms with van der Waals surface area (Å²) in [5.74, 6) is 0.444. The number of hydrogen-bond donors (Lipinski definition) is 6. The fourth-order valence-electron chi connectivity index (χ4n) is 6.07. The van der Waals surface area contributed by atoms with Crippen LogP contribution >= 0.6 is 0 Å². The highest BCUT2D eigenvalue weighted by atomic mass is 16.5. The number of aromatic hydroxyl groups is 1. The Morgan fingerprint density at radius 3 is 2.44 bits per heavy atom. The molecule has 6 N–H and O–H groups in total. The van der Waals surface area contributed by atoms with Crippen LogP contribution in [0, 0.1) is 5.92 Å². The van der Waals surface area contributed by atoms with Crippen LogP contribution in [0.25, 0.3) is 0 Å². The Labute approximate surface area is 254 Å². The summed E-state index contributed by atoms with van der Waals surface area (Å²) in [5.41, 5.74) is 3.05. The average molecular weight is 597 g/mol. The van der Waals surface area contributed by atoms with E-state index in [0.717, 1.165) is 42.6 Å². The smallest absolute Gasteiger partial charge is 0.240 e. The van der Waals surface area contributed by atoms with E-state index in [1.54, 1.807) is 31.3 Å².